The number of benzene rings is 1. The summed E-state index contributed by atoms with van der Waals surface area (Å²) in [6.45, 7) is 10.6. The minimum atomic E-state index is 1.14. The van der Waals surface area contributed by atoms with Crippen molar-refractivity contribution in [1.29, 1.82) is 0 Å². The van der Waals surface area contributed by atoms with Gasteiger partial charge in [0.1, 0.15) is 0 Å². The summed E-state index contributed by atoms with van der Waals surface area (Å²) in [6.07, 6.45) is 14.4. The SMILES string of the molecule is CC.CCCCCC.CCc1ccccc1.CN(C)C.Cn1cccc1.c1cc[nH]c1. The number of unbranched alkanes of at least 4 members (excludes halogenated alkanes) is 3. The van der Waals surface area contributed by atoms with Crippen molar-refractivity contribution in [2.75, 3.05) is 21.1 Å². The Morgan fingerprint density at radius 3 is 1.32 bits per heavy atom. The molecule has 0 unspecified atom stereocenters. The molecular formula is C28H51N3. The highest BCUT2D eigenvalue weighted by Gasteiger charge is 1.80. The molecule has 0 saturated carbocycles. The third-order valence-corrected chi connectivity index (χ3v) is 3.46. The fourth-order valence-corrected chi connectivity index (χ4v) is 1.91. The zero-order valence-electron chi connectivity index (χ0n) is 21.9. The van der Waals surface area contributed by atoms with Gasteiger partial charge in [0.05, 0.1) is 0 Å². The number of nitrogens with zero attached hydrogens (tertiary/aromatic N) is 2. The van der Waals surface area contributed by atoms with E-state index in [0.717, 1.165) is 6.42 Å². The molecule has 0 bridgehead atoms. The smallest absolute Gasteiger partial charge is 0.0106 e. The lowest BCUT2D eigenvalue weighted by molar-refractivity contribution is 0.505. The normalized spacial score (nSPS) is 8.45. The third kappa shape index (κ3) is 35.5. The summed E-state index contributed by atoms with van der Waals surface area (Å²) in [4.78, 5) is 4.86. The van der Waals surface area contributed by atoms with Gasteiger partial charge in [0.25, 0.3) is 0 Å². The summed E-state index contributed by atoms with van der Waals surface area (Å²) < 4.78 is 2.00. The van der Waals surface area contributed by atoms with Crippen LogP contribution in [0, 0.1) is 0 Å². The monoisotopic (exact) mass is 429 g/mol. The van der Waals surface area contributed by atoms with Crippen LogP contribution in [0.15, 0.2) is 79.4 Å². The van der Waals surface area contributed by atoms with E-state index in [4.69, 9.17) is 0 Å². The lowest BCUT2D eigenvalue weighted by atomic mass is 10.2. The van der Waals surface area contributed by atoms with E-state index in [9.17, 15) is 0 Å². The summed E-state index contributed by atoms with van der Waals surface area (Å²) in [5.41, 5.74) is 1.41. The average Bonchev–Trinajstić information content (AvgIpc) is 3.52. The van der Waals surface area contributed by atoms with Crippen LogP contribution in [0.1, 0.15) is 65.9 Å². The van der Waals surface area contributed by atoms with E-state index in [1.807, 2.05) is 107 Å². The first-order chi connectivity index (χ1) is 15.0. The number of hydrogen-bond donors (Lipinski definition) is 1. The summed E-state index contributed by atoms with van der Waals surface area (Å²) in [5.74, 6) is 0. The third-order valence-electron chi connectivity index (χ3n) is 3.46. The summed E-state index contributed by atoms with van der Waals surface area (Å²) >= 11 is 0. The van der Waals surface area contributed by atoms with E-state index in [-0.39, 0.29) is 0 Å². The van der Waals surface area contributed by atoms with Crippen LogP contribution in [-0.4, -0.2) is 35.6 Å². The van der Waals surface area contributed by atoms with Gasteiger partial charge >= 0.3 is 0 Å². The van der Waals surface area contributed by atoms with E-state index < -0.39 is 0 Å². The van der Waals surface area contributed by atoms with Crippen molar-refractivity contribution in [3.05, 3.63) is 84.9 Å². The second kappa shape index (κ2) is 29.9. The lowest BCUT2D eigenvalue weighted by Crippen LogP contribution is -1.99. The number of rotatable bonds is 4. The molecule has 0 aliphatic carbocycles. The number of hydrogen-bond acceptors (Lipinski definition) is 1. The molecule has 0 aliphatic rings. The first-order valence-corrected chi connectivity index (χ1v) is 11.8. The van der Waals surface area contributed by atoms with Gasteiger partial charge in [-0.15, -0.1) is 0 Å². The Balaban J connectivity index is -0.000000315. The Labute approximate surface area is 194 Å². The second-order valence-corrected chi connectivity index (χ2v) is 7.12. The molecule has 3 heteroatoms. The van der Waals surface area contributed by atoms with Gasteiger partial charge in [0.2, 0.25) is 0 Å². The summed E-state index contributed by atoms with van der Waals surface area (Å²) in [5, 5.41) is 0. The maximum atomic E-state index is 2.86. The highest BCUT2D eigenvalue weighted by molar-refractivity contribution is 5.13. The number of aromatic amines is 1. The molecule has 178 valence electrons. The molecule has 0 aliphatic heterocycles. The molecule has 0 atom stereocenters. The topological polar surface area (TPSA) is 24.0 Å². The number of H-pyrrole nitrogens is 1. The molecule has 1 aromatic carbocycles. The van der Waals surface area contributed by atoms with Gasteiger partial charge in [-0.2, -0.15) is 0 Å². The number of aryl methyl sites for hydroxylation is 2. The zero-order valence-corrected chi connectivity index (χ0v) is 21.9. The minimum absolute atomic E-state index is 1.14. The molecule has 3 rings (SSSR count). The summed E-state index contributed by atoms with van der Waals surface area (Å²) in [7, 11) is 8.00. The Morgan fingerprint density at radius 2 is 1.13 bits per heavy atom. The van der Waals surface area contributed by atoms with Gasteiger partial charge in [-0.25, -0.2) is 0 Å². The first kappa shape index (κ1) is 33.4. The van der Waals surface area contributed by atoms with Crippen molar-refractivity contribution < 1.29 is 0 Å². The van der Waals surface area contributed by atoms with E-state index in [1.165, 1.54) is 31.2 Å². The predicted molar refractivity (Wildman–Crippen MR) is 143 cm³/mol. The molecule has 0 saturated heterocycles. The molecule has 0 spiro atoms. The van der Waals surface area contributed by atoms with Crippen LogP contribution < -0.4 is 0 Å². The van der Waals surface area contributed by atoms with Crippen LogP contribution in [0.2, 0.25) is 0 Å². The zero-order chi connectivity index (χ0) is 24.2. The molecule has 0 amide bonds. The number of aromatic nitrogens is 2. The van der Waals surface area contributed by atoms with Crippen LogP contribution in [0.25, 0.3) is 0 Å². The van der Waals surface area contributed by atoms with Gasteiger partial charge in [-0.3, -0.25) is 0 Å². The largest absolute Gasteiger partial charge is 0.368 e. The van der Waals surface area contributed by atoms with Crippen LogP contribution in [0.3, 0.4) is 0 Å². The Bertz CT molecular complexity index is 561. The van der Waals surface area contributed by atoms with Gasteiger partial charge in [-0.05, 0) is 57.4 Å². The van der Waals surface area contributed by atoms with Crippen LogP contribution in [0.4, 0.5) is 0 Å². The standard InChI is InChI=1S/C8H10.C6H14.C5H7N.C4H5N.C3H9N.C2H6/c1-2-8-6-4-3-5-7-8;1-3-5-6-4-2;1-6-4-2-3-5-6;1-2-4-5-3-1;1-4(2)3;1-2/h3-7H,2H2,1H3;3-6H2,1-2H3;2-5H,1H3;1-5H;1-3H3;1-2H3. The van der Waals surface area contributed by atoms with Crippen molar-refractivity contribution in [3.63, 3.8) is 0 Å². The second-order valence-electron chi connectivity index (χ2n) is 7.12. The van der Waals surface area contributed by atoms with Crippen molar-refractivity contribution in [2.24, 2.45) is 7.05 Å². The van der Waals surface area contributed by atoms with Gasteiger partial charge < -0.3 is 14.5 Å². The Hall–Kier alpha value is -2.26. The molecule has 0 fully saturated rings. The highest BCUT2D eigenvalue weighted by atomic mass is 15.0. The predicted octanol–water partition coefficient (Wildman–Crippen LogP) is 8.08. The van der Waals surface area contributed by atoms with Crippen LogP contribution >= 0.6 is 0 Å². The molecular weight excluding hydrogens is 378 g/mol. The molecule has 2 aromatic heterocycles. The Kier molecular flexibility index (Phi) is 32.2. The quantitative estimate of drug-likeness (QED) is 0.416. The van der Waals surface area contributed by atoms with Crippen molar-refractivity contribution in [3.8, 4) is 0 Å². The average molecular weight is 430 g/mol. The first-order valence-electron chi connectivity index (χ1n) is 11.8. The van der Waals surface area contributed by atoms with E-state index in [1.54, 1.807) is 0 Å². The Morgan fingerprint density at radius 1 is 0.710 bits per heavy atom. The molecule has 31 heavy (non-hydrogen) atoms. The van der Waals surface area contributed by atoms with E-state index in [2.05, 4.69) is 50.0 Å². The maximum Gasteiger partial charge on any atom is 0.0106 e. The van der Waals surface area contributed by atoms with E-state index in [0.29, 0.717) is 0 Å². The van der Waals surface area contributed by atoms with Crippen molar-refractivity contribution >= 4 is 0 Å². The maximum absolute atomic E-state index is 2.86. The molecule has 1 N–H and O–H groups in total. The van der Waals surface area contributed by atoms with Crippen LogP contribution in [0.5, 0.6) is 0 Å². The fraction of sp³-hybridized carbons (Fsp3) is 0.500. The van der Waals surface area contributed by atoms with Gasteiger partial charge in [0.15, 0.2) is 0 Å². The molecule has 2 heterocycles. The van der Waals surface area contributed by atoms with Crippen molar-refractivity contribution in [1.82, 2.24) is 14.5 Å². The molecule has 3 aromatic rings. The summed E-state index contributed by atoms with van der Waals surface area (Å²) in [6, 6.07) is 18.3. The molecule has 0 radical (unpaired) electrons. The highest BCUT2D eigenvalue weighted by Crippen LogP contribution is 1.97. The number of nitrogens with one attached hydrogen (secondary N) is 1. The van der Waals surface area contributed by atoms with E-state index >= 15 is 0 Å². The van der Waals surface area contributed by atoms with Crippen molar-refractivity contribution in [2.45, 2.75) is 66.7 Å². The van der Waals surface area contributed by atoms with Crippen LogP contribution in [-0.2, 0) is 13.5 Å². The fourth-order valence-electron chi connectivity index (χ4n) is 1.91. The van der Waals surface area contributed by atoms with Gasteiger partial charge in [0, 0.05) is 31.8 Å². The van der Waals surface area contributed by atoms with Gasteiger partial charge in [-0.1, -0.05) is 90.6 Å². The minimum Gasteiger partial charge on any atom is -0.368 e. The lowest BCUT2D eigenvalue weighted by Gasteiger charge is -1.90. The molecule has 3 nitrogen and oxygen atoms in total.